The fourth-order valence-electron chi connectivity index (χ4n) is 3.14. The van der Waals surface area contributed by atoms with Gasteiger partial charge < -0.3 is 9.47 Å². The van der Waals surface area contributed by atoms with Crippen LogP contribution in [-0.4, -0.2) is 30.6 Å². The number of amides is 1. The second kappa shape index (κ2) is 8.41. The second-order valence-electron chi connectivity index (χ2n) is 6.37. The minimum atomic E-state index is -0.385. The molecule has 0 fully saturated rings. The third-order valence-corrected chi connectivity index (χ3v) is 6.23. The minimum Gasteiger partial charge on any atom is -0.495 e. The number of halogens is 1. The quantitative estimate of drug-likeness (QED) is 0.370. The van der Waals surface area contributed by atoms with Crippen LogP contribution in [0.25, 0.3) is 21.0 Å². The molecule has 8 heteroatoms. The summed E-state index contributed by atoms with van der Waals surface area (Å²) in [5, 5.41) is 5.14. The molecule has 0 atom stereocenters. The number of esters is 1. The number of ether oxygens (including phenoxy) is 2. The minimum absolute atomic E-state index is 0.310. The molecule has 1 N–H and O–H groups in total. The highest BCUT2D eigenvalue weighted by molar-refractivity contribution is 9.10. The summed E-state index contributed by atoms with van der Waals surface area (Å²) >= 11 is 4.83. The van der Waals surface area contributed by atoms with Gasteiger partial charge in [0.15, 0.2) is 5.13 Å². The van der Waals surface area contributed by atoms with Crippen LogP contribution in [0.3, 0.4) is 0 Å². The molecule has 1 heterocycles. The van der Waals surface area contributed by atoms with E-state index < -0.39 is 0 Å². The Bertz CT molecular complexity index is 1290. The average molecular weight is 485 g/mol. The normalized spacial score (nSPS) is 10.9. The molecule has 0 saturated carbocycles. The van der Waals surface area contributed by atoms with Gasteiger partial charge in [0, 0.05) is 0 Å². The van der Waals surface area contributed by atoms with Gasteiger partial charge in [0.1, 0.15) is 5.75 Å². The molecule has 4 rings (SSSR count). The monoisotopic (exact) mass is 484 g/mol. The predicted molar refractivity (Wildman–Crippen MR) is 122 cm³/mol. The molecule has 4 aromatic rings. The third-order valence-electron chi connectivity index (χ3n) is 4.51. The van der Waals surface area contributed by atoms with E-state index in [1.54, 1.807) is 31.2 Å². The lowest BCUT2D eigenvalue weighted by molar-refractivity contribution is 0.0526. The number of benzene rings is 3. The molecule has 3 aromatic carbocycles. The van der Waals surface area contributed by atoms with Crippen molar-refractivity contribution in [1.82, 2.24) is 4.98 Å². The largest absolute Gasteiger partial charge is 0.495 e. The van der Waals surface area contributed by atoms with Crippen molar-refractivity contribution in [3.63, 3.8) is 0 Å². The van der Waals surface area contributed by atoms with Gasteiger partial charge >= 0.3 is 5.97 Å². The maximum atomic E-state index is 13.0. The van der Waals surface area contributed by atoms with Crippen LogP contribution in [0.2, 0.25) is 0 Å². The Kier molecular flexibility index (Phi) is 5.69. The van der Waals surface area contributed by atoms with E-state index in [0.717, 1.165) is 19.9 Å². The number of anilines is 1. The van der Waals surface area contributed by atoms with E-state index in [9.17, 15) is 9.59 Å². The highest BCUT2D eigenvalue weighted by atomic mass is 79.9. The van der Waals surface area contributed by atoms with Crippen LogP contribution in [-0.2, 0) is 4.74 Å². The van der Waals surface area contributed by atoms with Gasteiger partial charge in [0.25, 0.3) is 5.91 Å². The zero-order valence-electron chi connectivity index (χ0n) is 16.2. The van der Waals surface area contributed by atoms with Crippen LogP contribution in [0.15, 0.2) is 53.0 Å². The van der Waals surface area contributed by atoms with Gasteiger partial charge in [-0.15, -0.1) is 0 Å². The Morgan fingerprint density at radius 2 is 1.97 bits per heavy atom. The molecular formula is C22H17BrN2O4S. The molecule has 0 radical (unpaired) electrons. The van der Waals surface area contributed by atoms with Crippen LogP contribution in [0.4, 0.5) is 5.13 Å². The number of hydrogen-bond donors (Lipinski definition) is 1. The van der Waals surface area contributed by atoms with Crippen molar-refractivity contribution in [3.8, 4) is 5.75 Å². The summed E-state index contributed by atoms with van der Waals surface area (Å²) in [5.41, 5.74) is 1.54. The number of methoxy groups -OCH3 is 1. The molecule has 1 aromatic heterocycles. The molecule has 0 spiro atoms. The number of hydrogen-bond acceptors (Lipinski definition) is 6. The van der Waals surface area contributed by atoms with E-state index in [-0.39, 0.29) is 11.9 Å². The van der Waals surface area contributed by atoms with Crippen LogP contribution in [0.5, 0.6) is 5.75 Å². The van der Waals surface area contributed by atoms with E-state index in [0.29, 0.717) is 34.1 Å². The molecule has 0 aliphatic rings. The number of carbonyl (C=O) groups is 2. The lowest BCUT2D eigenvalue weighted by atomic mass is 10.1. The lowest BCUT2D eigenvalue weighted by Crippen LogP contribution is -2.13. The number of nitrogens with one attached hydrogen (secondary N) is 1. The van der Waals surface area contributed by atoms with Crippen molar-refractivity contribution >= 4 is 65.3 Å². The third kappa shape index (κ3) is 3.76. The van der Waals surface area contributed by atoms with E-state index >= 15 is 0 Å². The number of carbonyl (C=O) groups excluding carboxylic acids is 2. The molecule has 0 unspecified atom stereocenters. The van der Waals surface area contributed by atoms with Crippen molar-refractivity contribution in [2.45, 2.75) is 6.92 Å². The summed E-state index contributed by atoms with van der Waals surface area (Å²) in [7, 11) is 1.53. The van der Waals surface area contributed by atoms with Gasteiger partial charge in [-0.3, -0.25) is 10.1 Å². The molecule has 1 amide bonds. The zero-order chi connectivity index (χ0) is 21.3. The topological polar surface area (TPSA) is 77.5 Å². The molecule has 0 aliphatic carbocycles. The van der Waals surface area contributed by atoms with E-state index in [4.69, 9.17) is 9.47 Å². The summed E-state index contributed by atoms with van der Waals surface area (Å²) in [6.45, 7) is 2.07. The number of rotatable bonds is 5. The first-order chi connectivity index (χ1) is 14.5. The Morgan fingerprint density at radius 3 is 2.73 bits per heavy atom. The highest BCUT2D eigenvalue weighted by Crippen LogP contribution is 2.37. The SMILES string of the molecule is CCOC(=O)c1ccc2nc(NC(=O)c3cc4ccccc4c(Br)c3OC)sc2c1. The first-order valence-electron chi connectivity index (χ1n) is 9.16. The van der Waals surface area contributed by atoms with Crippen LogP contribution in [0, 0.1) is 0 Å². The Balaban J connectivity index is 1.67. The second-order valence-corrected chi connectivity index (χ2v) is 8.19. The summed E-state index contributed by atoms with van der Waals surface area (Å²) in [6.07, 6.45) is 0. The molecular weight excluding hydrogens is 468 g/mol. The van der Waals surface area contributed by atoms with Gasteiger partial charge in [0.2, 0.25) is 0 Å². The number of aromatic nitrogens is 1. The zero-order valence-corrected chi connectivity index (χ0v) is 18.6. The van der Waals surface area contributed by atoms with Gasteiger partial charge in [-0.25, -0.2) is 9.78 Å². The highest BCUT2D eigenvalue weighted by Gasteiger charge is 2.19. The van der Waals surface area contributed by atoms with E-state index in [1.165, 1.54) is 18.4 Å². The summed E-state index contributed by atoms with van der Waals surface area (Å²) in [4.78, 5) is 29.4. The first-order valence-corrected chi connectivity index (χ1v) is 10.8. The fraction of sp³-hybridized carbons (Fsp3) is 0.136. The predicted octanol–water partition coefficient (Wildman–Crippen LogP) is 5.65. The van der Waals surface area contributed by atoms with Crippen molar-refractivity contribution < 1.29 is 19.1 Å². The maximum Gasteiger partial charge on any atom is 0.338 e. The van der Waals surface area contributed by atoms with Crippen molar-refractivity contribution in [2.75, 3.05) is 19.0 Å². The summed E-state index contributed by atoms with van der Waals surface area (Å²) < 4.78 is 12.0. The first kappa shape index (κ1) is 20.3. The number of fused-ring (bicyclic) bond motifs is 2. The standard InChI is InChI=1S/C22H17BrN2O4S/c1-3-29-21(27)13-8-9-16-17(11-13)30-22(24-16)25-20(26)15-10-12-6-4-5-7-14(12)18(23)19(15)28-2/h4-11H,3H2,1-2H3,(H,24,25,26). The molecule has 0 aliphatic heterocycles. The Hall–Kier alpha value is -2.97. The fourth-order valence-corrected chi connectivity index (χ4v) is 4.77. The van der Waals surface area contributed by atoms with E-state index in [1.807, 2.05) is 24.3 Å². The smallest absolute Gasteiger partial charge is 0.338 e. The van der Waals surface area contributed by atoms with Crippen LogP contribution < -0.4 is 10.1 Å². The number of thiazole rings is 1. The molecule has 0 bridgehead atoms. The molecule has 0 saturated heterocycles. The van der Waals surface area contributed by atoms with Gasteiger partial charge in [-0.2, -0.15) is 0 Å². The van der Waals surface area contributed by atoms with Gasteiger partial charge in [-0.05, 0) is 57.9 Å². The molecule has 30 heavy (non-hydrogen) atoms. The average Bonchev–Trinajstić information content (AvgIpc) is 3.15. The van der Waals surface area contributed by atoms with E-state index in [2.05, 4.69) is 26.2 Å². The van der Waals surface area contributed by atoms with Crippen molar-refractivity contribution in [3.05, 3.63) is 64.1 Å². The van der Waals surface area contributed by atoms with Crippen molar-refractivity contribution in [1.29, 1.82) is 0 Å². The molecule has 6 nitrogen and oxygen atoms in total. The van der Waals surface area contributed by atoms with Crippen LogP contribution in [0.1, 0.15) is 27.6 Å². The van der Waals surface area contributed by atoms with Crippen LogP contribution >= 0.6 is 27.3 Å². The lowest BCUT2D eigenvalue weighted by Gasteiger charge is -2.12. The molecule has 152 valence electrons. The summed E-state index contributed by atoms with van der Waals surface area (Å²) in [5.74, 6) is -0.260. The van der Waals surface area contributed by atoms with Gasteiger partial charge in [0.05, 0.1) is 39.5 Å². The number of nitrogens with zero attached hydrogens (tertiary/aromatic N) is 1. The Labute approximate surface area is 185 Å². The summed E-state index contributed by atoms with van der Waals surface area (Å²) in [6, 6.07) is 14.6. The van der Waals surface area contributed by atoms with Gasteiger partial charge in [-0.1, -0.05) is 35.6 Å². The van der Waals surface area contributed by atoms with Crippen molar-refractivity contribution in [2.24, 2.45) is 0 Å². The maximum absolute atomic E-state index is 13.0. The Morgan fingerprint density at radius 1 is 1.17 bits per heavy atom.